The number of ether oxygens (including phenoxy) is 2. The summed E-state index contributed by atoms with van der Waals surface area (Å²) in [5.74, 6) is 1.59. The molecule has 1 amide bonds. The van der Waals surface area contributed by atoms with Crippen molar-refractivity contribution in [3.63, 3.8) is 0 Å². The highest BCUT2D eigenvalue weighted by Gasteiger charge is 2.24. The maximum absolute atomic E-state index is 12.6. The van der Waals surface area contributed by atoms with Gasteiger partial charge in [0.15, 0.2) is 11.5 Å². The number of hydrogen-bond donors (Lipinski definition) is 2. The number of nitrogens with one attached hydrogen (secondary N) is 2. The summed E-state index contributed by atoms with van der Waals surface area (Å²) in [6, 6.07) is 3.72. The SMILES string of the molecule is C=CCc1cc(C(=O)NC2CNCCC2C)cc(OC)c1OC. The summed E-state index contributed by atoms with van der Waals surface area (Å²) in [6.45, 7) is 7.74. The highest BCUT2D eigenvalue weighted by molar-refractivity contribution is 5.95. The molecule has 5 heteroatoms. The third-order valence-electron chi connectivity index (χ3n) is 4.33. The van der Waals surface area contributed by atoms with Crippen molar-refractivity contribution in [3.05, 3.63) is 35.9 Å². The van der Waals surface area contributed by atoms with Crippen LogP contribution < -0.4 is 20.1 Å². The molecule has 1 aliphatic heterocycles. The molecule has 0 bridgehead atoms. The van der Waals surface area contributed by atoms with Crippen LogP contribution in [0.5, 0.6) is 11.5 Å². The number of hydrogen-bond acceptors (Lipinski definition) is 4. The van der Waals surface area contributed by atoms with E-state index in [1.54, 1.807) is 26.4 Å². The molecule has 0 aromatic heterocycles. The monoisotopic (exact) mass is 318 g/mol. The standard InChI is InChI=1S/C18H26N2O3/c1-5-6-13-9-14(10-16(22-3)17(13)23-4)18(21)20-15-11-19-8-7-12(15)2/h5,9-10,12,15,19H,1,6-8,11H2,2-4H3,(H,20,21). The van der Waals surface area contributed by atoms with Crippen LogP contribution in [0, 0.1) is 5.92 Å². The maximum atomic E-state index is 12.6. The lowest BCUT2D eigenvalue weighted by Gasteiger charge is -2.30. The normalized spacial score (nSPS) is 20.7. The second-order valence-corrected chi connectivity index (χ2v) is 5.91. The van der Waals surface area contributed by atoms with Gasteiger partial charge in [-0.05, 0) is 37.4 Å². The first-order chi connectivity index (χ1) is 11.1. The average Bonchev–Trinajstić information content (AvgIpc) is 2.56. The van der Waals surface area contributed by atoms with Crippen LogP contribution in [0.2, 0.25) is 0 Å². The lowest BCUT2D eigenvalue weighted by molar-refractivity contribution is 0.0914. The smallest absolute Gasteiger partial charge is 0.251 e. The minimum absolute atomic E-state index is 0.0863. The number of amides is 1. The van der Waals surface area contributed by atoms with Crippen molar-refractivity contribution in [2.45, 2.75) is 25.8 Å². The Labute approximate surface area is 138 Å². The van der Waals surface area contributed by atoms with E-state index in [2.05, 4.69) is 24.1 Å². The number of rotatable bonds is 6. The van der Waals surface area contributed by atoms with E-state index < -0.39 is 0 Å². The van der Waals surface area contributed by atoms with Gasteiger partial charge >= 0.3 is 0 Å². The van der Waals surface area contributed by atoms with E-state index in [9.17, 15) is 4.79 Å². The van der Waals surface area contributed by atoms with Gasteiger partial charge in [0.2, 0.25) is 0 Å². The summed E-state index contributed by atoms with van der Waals surface area (Å²) >= 11 is 0. The van der Waals surface area contributed by atoms with Crippen LogP contribution in [0.15, 0.2) is 24.8 Å². The van der Waals surface area contributed by atoms with E-state index in [1.807, 2.05) is 6.07 Å². The minimum Gasteiger partial charge on any atom is -0.493 e. The summed E-state index contributed by atoms with van der Waals surface area (Å²) in [5.41, 5.74) is 1.47. The number of carbonyl (C=O) groups is 1. The number of carbonyl (C=O) groups excluding carboxylic acids is 1. The Morgan fingerprint density at radius 2 is 2.22 bits per heavy atom. The average molecular weight is 318 g/mol. The summed E-state index contributed by atoms with van der Waals surface area (Å²) in [5, 5.41) is 6.44. The highest BCUT2D eigenvalue weighted by atomic mass is 16.5. The van der Waals surface area contributed by atoms with Crippen LogP contribution in [-0.4, -0.2) is 39.3 Å². The van der Waals surface area contributed by atoms with Gasteiger partial charge in [0.1, 0.15) is 0 Å². The van der Waals surface area contributed by atoms with Crippen molar-refractivity contribution in [3.8, 4) is 11.5 Å². The molecule has 126 valence electrons. The zero-order valence-corrected chi connectivity index (χ0v) is 14.1. The highest BCUT2D eigenvalue weighted by Crippen LogP contribution is 2.33. The van der Waals surface area contributed by atoms with Gasteiger partial charge in [-0.2, -0.15) is 0 Å². The molecular weight excluding hydrogens is 292 g/mol. The third-order valence-corrected chi connectivity index (χ3v) is 4.33. The molecule has 2 unspecified atom stereocenters. The Morgan fingerprint density at radius 3 is 2.83 bits per heavy atom. The Balaban J connectivity index is 2.25. The van der Waals surface area contributed by atoms with Crippen molar-refractivity contribution in [1.82, 2.24) is 10.6 Å². The van der Waals surface area contributed by atoms with Gasteiger partial charge in [0.25, 0.3) is 5.91 Å². The van der Waals surface area contributed by atoms with Gasteiger partial charge < -0.3 is 20.1 Å². The quantitative estimate of drug-likeness (QED) is 0.789. The first-order valence-electron chi connectivity index (χ1n) is 7.98. The number of benzene rings is 1. The molecule has 5 nitrogen and oxygen atoms in total. The van der Waals surface area contributed by atoms with Crippen molar-refractivity contribution in [1.29, 1.82) is 0 Å². The summed E-state index contributed by atoms with van der Waals surface area (Å²) in [4.78, 5) is 12.6. The van der Waals surface area contributed by atoms with E-state index in [-0.39, 0.29) is 11.9 Å². The fraction of sp³-hybridized carbons (Fsp3) is 0.500. The minimum atomic E-state index is -0.0863. The van der Waals surface area contributed by atoms with Gasteiger partial charge in [-0.25, -0.2) is 0 Å². The molecule has 0 saturated carbocycles. The fourth-order valence-corrected chi connectivity index (χ4v) is 2.92. The molecule has 1 saturated heterocycles. The van der Waals surface area contributed by atoms with Gasteiger partial charge in [-0.15, -0.1) is 6.58 Å². The lowest BCUT2D eigenvalue weighted by atomic mass is 9.94. The van der Waals surface area contributed by atoms with Crippen LogP contribution in [0.25, 0.3) is 0 Å². The number of methoxy groups -OCH3 is 2. The van der Waals surface area contributed by atoms with Gasteiger partial charge in [0.05, 0.1) is 14.2 Å². The summed E-state index contributed by atoms with van der Waals surface area (Å²) < 4.78 is 10.8. The second-order valence-electron chi connectivity index (χ2n) is 5.91. The van der Waals surface area contributed by atoms with E-state index in [0.29, 0.717) is 29.4 Å². The molecule has 0 aliphatic carbocycles. The van der Waals surface area contributed by atoms with E-state index >= 15 is 0 Å². The second kappa shape index (κ2) is 8.02. The number of piperidine rings is 1. The molecule has 1 heterocycles. The topological polar surface area (TPSA) is 59.6 Å². The first-order valence-corrected chi connectivity index (χ1v) is 7.98. The van der Waals surface area contributed by atoms with Gasteiger partial charge in [-0.3, -0.25) is 4.79 Å². The molecule has 1 fully saturated rings. The lowest BCUT2D eigenvalue weighted by Crippen LogP contribution is -2.50. The summed E-state index contributed by atoms with van der Waals surface area (Å²) in [6.07, 6.45) is 3.47. The first kappa shape index (κ1) is 17.3. The molecular formula is C18H26N2O3. The van der Waals surface area contributed by atoms with Crippen molar-refractivity contribution in [2.75, 3.05) is 27.3 Å². The predicted octanol–water partition coefficient (Wildman–Crippen LogP) is 2.16. The molecule has 1 aliphatic rings. The van der Waals surface area contributed by atoms with Crippen LogP contribution in [0.3, 0.4) is 0 Å². The Kier molecular flexibility index (Phi) is 6.04. The molecule has 0 spiro atoms. The Bertz CT molecular complexity index is 572. The molecule has 2 atom stereocenters. The van der Waals surface area contributed by atoms with E-state index in [0.717, 1.165) is 25.1 Å². The van der Waals surface area contributed by atoms with Crippen molar-refractivity contribution >= 4 is 5.91 Å². The summed E-state index contributed by atoms with van der Waals surface area (Å²) in [7, 11) is 3.17. The van der Waals surface area contributed by atoms with Crippen LogP contribution in [0.1, 0.15) is 29.3 Å². The maximum Gasteiger partial charge on any atom is 0.251 e. The van der Waals surface area contributed by atoms with Gasteiger partial charge in [0, 0.05) is 23.7 Å². The number of allylic oxidation sites excluding steroid dienone is 1. The third kappa shape index (κ3) is 4.05. The van der Waals surface area contributed by atoms with E-state index in [4.69, 9.17) is 9.47 Å². The molecule has 23 heavy (non-hydrogen) atoms. The largest absolute Gasteiger partial charge is 0.493 e. The Hall–Kier alpha value is -2.01. The van der Waals surface area contributed by atoms with Crippen LogP contribution >= 0.6 is 0 Å². The Morgan fingerprint density at radius 1 is 1.43 bits per heavy atom. The fourth-order valence-electron chi connectivity index (χ4n) is 2.92. The van der Waals surface area contributed by atoms with Crippen LogP contribution in [-0.2, 0) is 6.42 Å². The zero-order chi connectivity index (χ0) is 16.8. The molecule has 2 rings (SSSR count). The van der Waals surface area contributed by atoms with Crippen molar-refractivity contribution in [2.24, 2.45) is 5.92 Å². The molecule has 1 aromatic carbocycles. The molecule has 1 aromatic rings. The predicted molar refractivity (Wildman–Crippen MR) is 91.4 cm³/mol. The molecule has 2 N–H and O–H groups in total. The molecule has 0 radical (unpaired) electrons. The van der Waals surface area contributed by atoms with Crippen LogP contribution in [0.4, 0.5) is 0 Å². The van der Waals surface area contributed by atoms with Gasteiger partial charge in [-0.1, -0.05) is 13.0 Å². The van der Waals surface area contributed by atoms with Crippen molar-refractivity contribution < 1.29 is 14.3 Å². The zero-order valence-electron chi connectivity index (χ0n) is 14.1. The van der Waals surface area contributed by atoms with E-state index in [1.165, 1.54) is 0 Å².